The van der Waals surface area contributed by atoms with E-state index in [1.807, 2.05) is 6.92 Å². The van der Waals surface area contributed by atoms with Gasteiger partial charge in [0.05, 0.1) is 29.2 Å². The van der Waals surface area contributed by atoms with E-state index in [0.717, 1.165) is 10.8 Å². The van der Waals surface area contributed by atoms with E-state index in [1.165, 1.54) is 9.63 Å². The number of nitrogens with zero attached hydrogens (tertiary/aromatic N) is 3. The summed E-state index contributed by atoms with van der Waals surface area (Å²) in [5, 5.41) is 13.5. The maximum absolute atomic E-state index is 13.1. The molecular weight excluding hydrogens is 434 g/mol. The number of aliphatic hydroxyl groups is 1. The highest BCUT2D eigenvalue weighted by Crippen LogP contribution is 2.32. The van der Waals surface area contributed by atoms with Crippen LogP contribution >= 0.6 is 0 Å². The van der Waals surface area contributed by atoms with Gasteiger partial charge in [-0.2, -0.15) is 0 Å². The van der Waals surface area contributed by atoms with Crippen molar-refractivity contribution in [1.29, 1.82) is 0 Å². The van der Waals surface area contributed by atoms with E-state index in [2.05, 4.69) is 18.8 Å². The number of aromatic nitrogens is 2. The molecule has 1 atom stereocenters. The number of carbonyl (C=O) groups is 1. The third-order valence-electron chi connectivity index (χ3n) is 5.64. The van der Waals surface area contributed by atoms with Crippen molar-refractivity contribution in [3.8, 4) is 5.75 Å². The highest BCUT2D eigenvalue weighted by molar-refractivity contribution is 6.06. The van der Waals surface area contributed by atoms with Gasteiger partial charge in [-0.25, -0.2) is 4.79 Å². The number of rotatable bonds is 6. The van der Waals surface area contributed by atoms with Crippen LogP contribution < -0.4 is 10.4 Å². The van der Waals surface area contributed by atoms with Gasteiger partial charge in [0.2, 0.25) is 0 Å². The molecule has 0 radical (unpaired) electrons. The number of fused-ring (bicyclic) bond motifs is 3. The molecule has 34 heavy (non-hydrogen) atoms. The molecule has 1 amide bonds. The molecule has 184 valence electrons. The van der Waals surface area contributed by atoms with Gasteiger partial charge in [-0.05, 0) is 64.5 Å². The average Bonchev–Trinajstić information content (AvgIpc) is 2.73. The van der Waals surface area contributed by atoms with E-state index in [1.54, 1.807) is 59.1 Å². The summed E-state index contributed by atoms with van der Waals surface area (Å²) >= 11 is 0. The topological polar surface area (TPSA) is 93.9 Å². The third-order valence-corrected chi connectivity index (χ3v) is 5.64. The van der Waals surface area contributed by atoms with Crippen molar-refractivity contribution in [3.05, 3.63) is 46.0 Å². The summed E-state index contributed by atoms with van der Waals surface area (Å²) in [6, 6.07) is 5.00. The zero-order chi connectivity index (χ0) is 25.4. The predicted octanol–water partition coefficient (Wildman–Crippen LogP) is 4.85. The molecule has 0 bridgehead atoms. The third kappa shape index (κ3) is 5.17. The summed E-state index contributed by atoms with van der Waals surface area (Å²) in [6.45, 7) is 12.9. The summed E-state index contributed by atoms with van der Waals surface area (Å²) in [7, 11) is 1.69. The van der Waals surface area contributed by atoms with Gasteiger partial charge in [-0.15, -0.1) is 5.06 Å². The number of hydrogen-bond donors (Lipinski definition) is 1. The lowest BCUT2D eigenvalue weighted by Gasteiger charge is -2.32. The standard InChI is InChI=1S/C26H35N3O5/c1-15(2)11-16(3)29(25(32)33-26(5,6)7)34-22-13-21-20(12-18(22)14-30)19-9-10-27-17(4)23(19)24(31)28(21)8/h9-10,12-13,15-16,30H,11,14H2,1-8H3. The zero-order valence-corrected chi connectivity index (χ0v) is 21.3. The Labute approximate surface area is 200 Å². The lowest BCUT2D eigenvalue weighted by Crippen LogP contribution is -2.45. The van der Waals surface area contributed by atoms with E-state index in [0.29, 0.717) is 34.5 Å². The van der Waals surface area contributed by atoms with E-state index in [4.69, 9.17) is 9.57 Å². The summed E-state index contributed by atoms with van der Waals surface area (Å²) < 4.78 is 7.12. The monoisotopic (exact) mass is 469 g/mol. The minimum absolute atomic E-state index is 0.173. The fourth-order valence-electron chi connectivity index (χ4n) is 4.15. The summed E-state index contributed by atoms with van der Waals surface area (Å²) in [4.78, 5) is 36.5. The van der Waals surface area contributed by atoms with Gasteiger partial charge in [0.15, 0.2) is 5.75 Å². The molecule has 8 nitrogen and oxygen atoms in total. The van der Waals surface area contributed by atoms with Crippen molar-refractivity contribution < 1.29 is 19.5 Å². The first-order valence-corrected chi connectivity index (χ1v) is 11.6. The number of carbonyl (C=O) groups excluding carboxylic acids is 1. The maximum atomic E-state index is 13.1. The summed E-state index contributed by atoms with van der Waals surface area (Å²) in [5.41, 5.74) is 0.884. The molecule has 0 aliphatic heterocycles. The Kier molecular flexibility index (Phi) is 7.21. The average molecular weight is 470 g/mol. The van der Waals surface area contributed by atoms with Crippen LogP contribution in [0, 0.1) is 12.8 Å². The number of amides is 1. The molecule has 1 aromatic carbocycles. The zero-order valence-electron chi connectivity index (χ0n) is 21.3. The highest BCUT2D eigenvalue weighted by atomic mass is 16.7. The Bertz CT molecular complexity index is 1270. The first-order valence-electron chi connectivity index (χ1n) is 11.6. The van der Waals surface area contributed by atoms with E-state index >= 15 is 0 Å². The number of benzene rings is 1. The Morgan fingerprint density at radius 3 is 2.47 bits per heavy atom. The summed E-state index contributed by atoms with van der Waals surface area (Å²) in [5.74, 6) is 0.609. The van der Waals surface area contributed by atoms with Gasteiger partial charge in [-0.1, -0.05) is 13.8 Å². The van der Waals surface area contributed by atoms with Crippen LogP contribution in [0.15, 0.2) is 29.2 Å². The quantitative estimate of drug-likeness (QED) is 0.410. The number of hydroxylamine groups is 2. The molecular formula is C26H35N3O5. The Balaban J connectivity index is 2.18. The van der Waals surface area contributed by atoms with E-state index in [9.17, 15) is 14.7 Å². The Hall–Kier alpha value is -3.13. The minimum atomic E-state index is -0.700. The van der Waals surface area contributed by atoms with Gasteiger partial charge in [0.1, 0.15) is 5.60 Å². The highest BCUT2D eigenvalue weighted by Gasteiger charge is 2.29. The van der Waals surface area contributed by atoms with Crippen molar-refractivity contribution in [2.45, 2.75) is 73.1 Å². The van der Waals surface area contributed by atoms with Crippen LogP contribution in [0.25, 0.3) is 21.7 Å². The van der Waals surface area contributed by atoms with Gasteiger partial charge >= 0.3 is 6.09 Å². The second-order valence-electron chi connectivity index (χ2n) is 10.2. The first kappa shape index (κ1) is 25.5. The molecule has 0 aliphatic rings. The SMILES string of the molecule is Cc1nccc2c1c(=O)n(C)c1cc(ON(C(=O)OC(C)(C)C)C(C)CC(C)C)c(CO)cc21. The number of aryl methyl sites for hydroxylation is 2. The normalized spacial score (nSPS) is 12.9. The number of hydrogen-bond acceptors (Lipinski definition) is 6. The van der Waals surface area contributed by atoms with Crippen molar-refractivity contribution in [2.75, 3.05) is 0 Å². The van der Waals surface area contributed by atoms with Crippen molar-refractivity contribution in [3.63, 3.8) is 0 Å². The molecule has 2 heterocycles. The molecule has 0 fully saturated rings. The smallest absolute Gasteiger partial charge is 0.442 e. The lowest BCUT2D eigenvalue weighted by atomic mass is 10.0. The molecule has 0 saturated heterocycles. The van der Waals surface area contributed by atoms with Crippen LogP contribution in [-0.2, 0) is 18.4 Å². The second-order valence-corrected chi connectivity index (χ2v) is 10.2. The molecule has 1 N–H and O–H groups in total. The predicted molar refractivity (Wildman–Crippen MR) is 133 cm³/mol. The van der Waals surface area contributed by atoms with Crippen molar-refractivity contribution in [1.82, 2.24) is 14.6 Å². The largest absolute Gasteiger partial charge is 0.443 e. The Morgan fingerprint density at radius 1 is 1.21 bits per heavy atom. The van der Waals surface area contributed by atoms with Crippen molar-refractivity contribution in [2.24, 2.45) is 13.0 Å². The molecule has 0 aliphatic carbocycles. The Morgan fingerprint density at radius 2 is 1.88 bits per heavy atom. The van der Waals surface area contributed by atoms with Crippen LogP contribution in [0.5, 0.6) is 5.75 Å². The van der Waals surface area contributed by atoms with Crippen LogP contribution in [0.4, 0.5) is 4.79 Å². The van der Waals surface area contributed by atoms with Gasteiger partial charge in [-0.3, -0.25) is 9.78 Å². The molecule has 2 aromatic heterocycles. The van der Waals surface area contributed by atoms with Crippen LogP contribution in [0.3, 0.4) is 0 Å². The van der Waals surface area contributed by atoms with Crippen molar-refractivity contribution >= 4 is 27.8 Å². The molecule has 0 spiro atoms. The van der Waals surface area contributed by atoms with Gasteiger partial charge < -0.3 is 19.2 Å². The molecule has 8 heteroatoms. The van der Waals surface area contributed by atoms with Gasteiger partial charge in [0.25, 0.3) is 5.56 Å². The fourth-order valence-corrected chi connectivity index (χ4v) is 4.15. The van der Waals surface area contributed by atoms with Crippen LogP contribution in [0.2, 0.25) is 0 Å². The minimum Gasteiger partial charge on any atom is -0.442 e. The molecule has 3 rings (SSSR count). The fraction of sp³-hybridized carbons (Fsp3) is 0.500. The van der Waals surface area contributed by atoms with Crippen LogP contribution in [-0.4, -0.2) is 37.5 Å². The number of aliphatic hydroxyl groups excluding tert-OH is 1. The first-order chi connectivity index (χ1) is 15.8. The summed E-state index contributed by atoms with van der Waals surface area (Å²) in [6.07, 6.45) is 1.74. The van der Waals surface area contributed by atoms with Gasteiger partial charge in [0, 0.05) is 30.3 Å². The van der Waals surface area contributed by atoms with Crippen LogP contribution in [0.1, 0.15) is 59.2 Å². The lowest BCUT2D eigenvalue weighted by molar-refractivity contribution is -0.0974. The second kappa shape index (κ2) is 9.62. The molecule has 3 aromatic rings. The molecule has 0 saturated carbocycles. The number of ether oxygens (including phenoxy) is 1. The van der Waals surface area contributed by atoms with E-state index in [-0.39, 0.29) is 24.0 Å². The maximum Gasteiger partial charge on any atom is 0.443 e. The molecule has 1 unspecified atom stereocenters. The number of pyridine rings is 2. The van der Waals surface area contributed by atoms with E-state index < -0.39 is 11.7 Å².